The van der Waals surface area contributed by atoms with Crippen LogP contribution in [0.2, 0.25) is 10.0 Å². The van der Waals surface area contributed by atoms with E-state index >= 15 is 0 Å². The lowest BCUT2D eigenvalue weighted by Gasteiger charge is -2.34. The van der Waals surface area contributed by atoms with Gasteiger partial charge in [-0.05, 0) is 25.0 Å². The van der Waals surface area contributed by atoms with E-state index in [1.54, 1.807) is 0 Å². The fraction of sp³-hybridized carbons (Fsp3) is 0.467. The number of benzene rings is 1. The molecule has 1 saturated heterocycles. The second-order valence-electron chi connectivity index (χ2n) is 5.23. The molecule has 2 rings (SSSR count). The van der Waals surface area contributed by atoms with Gasteiger partial charge in [-0.1, -0.05) is 23.2 Å². The molecule has 0 spiro atoms. The Hall–Kier alpha value is -1.37. The molecule has 1 aliphatic heterocycles. The molecular weight excluding hydrogens is 348 g/mol. The van der Waals surface area contributed by atoms with Crippen LogP contribution in [-0.2, 0) is 9.53 Å². The normalized spacial score (nSPS) is 15.4. The first-order valence-corrected chi connectivity index (χ1v) is 7.90. The van der Waals surface area contributed by atoms with Crippen LogP contribution >= 0.6 is 23.2 Å². The number of rotatable bonds is 5. The summed E-state index contributed by atoms with van der Waals surface area (Å²) in [4.78, 5) is 25.0. The summed E-state index contributed by atoms with van der Waals surface area (Å²) in [6, 6.07) is 2.00. The minimum absolute atomic E-state index is 0.0227. The van der Waals surface area contributed by atoms with Gasteiger partial charge in [0.2, 0.25) is 0 Å². The number of hydrogen-bond acceptors (Lipinski definition) is 3. The van der Waals surface area contributed by atoms with Crippen molar-refractivity contribution >= 4 is 35.1 Å². The molecule has 0 unspecified atom stereocenters. The Morgan fingerprint density at radius 3 is 2.52 bits per heavy atom. The molecule has 0 bridgehead atoms. The van der Waals surface area contributed by atoms with E-state index in [-0.39, 0.29) is 34.6 Å². The van der Waals surface area contributed by atoms with E-state index in [1.807, 2.05) is 0 Å². The molecule has 5 nitrogen and oxygen atoms in total. The highest BCUT2D eigenvalue weighted by molar-refractivity contribution is 6.36. The first-order chi connectivity index (χ1) is 10.9. The lowest BCUT2D eigenvalue weighted by molar-refractivity contribution is -0.137. The Balaban J connectivity index is 2.27. The monoisotopic (exact) mass is 363 g/mol. The Kier molecular flexibility index (Phi) is 6.21. The van der Waals surface area contributed by atoms with Crippen LogP contribution < -0.4 is 0 Å². The lowest BCUT2D eigenvalue weighted by atomic mass is 10.0. The summed E-state index contributed by atoms with van der Waals surface area (Å²) in [5.74, 6) is -2.26. The number of amides is 1. The van der Waals surface area contributed by atoms with Crippen molar-refractivity contribution in [2.75, 3.05) is 19.8 Å². The zero-order chi connectivity index (χ0) is 17.0. The molecule has 8 heteroatoms. The molecule has 1 aromatic carbocycles. The van der Waals surface area contributed by atoms with E-state index in [2.05, 4.69) is 0 Å². The third-order valence-electron chi connectivity index (χ3n) is 3.70. The van der Waals surface area contributed by atoms with Gasteiger partial charge in [0.25, 0.3) is 5.91 Å². The number of carboxylic acids is 1. The Morgan fingerprint density at radius 2 is 1.91 bits per heavy atom. The number of carbonyl (C=O) groups is 2. The second kappa shape index (κ2) is 7.95. The number of aliphatic carboxylic acids is 1. The van der Waals surface area contributed by atoms with Crippen LogP contribution in [0.5, 0.6) is 0 Å². The number of carboxylic acid groups (broad SMARTS) is 1. The molecule has 23 heavy (non-hydrogen) atoms. The van der Waals surface area contributed by atoms with Crippen molar-refractivity contribution in [3.63, 3.8) is 0 Å². The topological polar surface area (TPSA) is 66.8 Å². The van der Waals surface area contributed by atoms with Crippen LogP contribution in [0.3, 0.4) is 0 Å². The second-order valence-corrected chi connectivity index (χ2v) is 6.05. The van der Waals surface area contributed by atoms with E-state index < -0.39 is 17.7 Å². The lowest BCUT2D eigenvalue weighted by Crippen LogP contribution is -2.44. The van der Waals surface area contributed by atoms with Gasteiger partial charge in [0.05, 0.1) is 22.0 Å². The number of halogens is 3. The molecule has 1 N–H and O–H groups in total. The van der Waals surface area contributed by atoms with Crippen LogP contribution in [0.4, 0.5) is 4.39 Å². The van der Waals surface area contributed by atoms with E-state index in [0.29, 0.717) is 26.1 Å². The van der Waals surface area contributed by atoms with Crippen molar-refractivity contribution in [1.82, 2.24) is 4.90 Å². The largest absolute Gasteiger partial charge is 0.481 e. The van der Waals surface area contributed by atoms with Crippen LogP contribution in [-0.4, -0.2) is 47.7 Å². The van der Waals surface area contributed by atoms with Crippen molar-refractivity contribution in [3.05, 3.63) is 33.6 Å². The molecule has 0 atom stereocenters. The zero-order valence-corrected chi connectivity index (χ0v) is 13.7. The van der Waals surface area contributed by atoms with E-state index in [1.165, 1.54) is 11.0 Å². The molecule has 1 heterocycles. The van der Waals surface area contributed by atoms with Crippen molar-refractivity contribution in [2.24, 2.45) is 0 Å². The van der Waals surface area contributed by atoms with Gasteiger partial charge >= 0.3 is 5.97 Å². The number of ether oxygens (including phenoxy) is 1. The van der Waals surface area contributed by atoms with Gasteiger partial charge in [-0.2, -0.15) is 0 Å². The minimum atomic E-state index is -1.01. The van der Waals surface area contributed by atoms with Crippen molar-refractivity contribution in [1.29, 1.82) is 0 Å². The predicted molar refractivity (Wildman–Crippen MR) is 83.6 cm³/mol. The maximum atomic E-state index is 13.7. The number of nitrogens with zero attached hydrogens (tertiary/aromatic N) is 1. The molecule has 1 amide bonds. The minimum Gasteiger partial charge on any atom is -0.481 e. The maximum Gasteiger partial charge on any atom is 0.305 e. The molecule has 1 fully saturated rings. The highest BCUT2D eigenvalue weighted by Gasteiger charge is 2.28. The number of hydrogen-bond donors (Lipinski definition) is 1. The zero-order valence-electron chi connectivity index (χ0n) is 12.2. The van der Waals surface area contributed by atoms with E-state index in [0.717, 1.165) is 6.07 Å². The SMILES string of the molecule is O=C(O)CCN(C(=O)c1cc(F)c(Cl)cc1Cl)C1CCOCC1. The summed E-state index contributed by atoms with van der Waals surface area (Å²) in [5.41, 5.74) is -0.0227. The molecule has 0 aliphatic carbocycles. The predicted octanol–water partition coefficient (Wildman–Crippen LogP) is 3.23. The first-order valence-electron chi connectivity index (χ1n) is 7.15. The summed E-state index contributed by atoms with van der Waals surface area (Å²) in [5, 5.41) is 8.75. The summed E-state index contributed by atoms with van der Waals surface area (Å²) >= 11 is 11.6. The maximum absolute atomic E-state index is 13.7. The number of carbonyl (C=O) groups excluding carboxylic acids is 1. The Labute approximate surface area is 142 Å². The van der Waals surface area contributed by atoms with Gasteiger partial charge in [-0.3, -0.25) is 9.59 Å². The van der Waals surface area contributed by atoms with Gasteiger partial charge in [0, 0.05) is 25.8 Å². The Bertz CT molecular complexity index is 605. The van der Waals surface area contributed by atoms with Crippen LogP contribution in [0.15, 0.2) is 12.1 Å². The van der Waals surface area contributed by atoms with Gasteiger partial charge < -0.3 is 14.7 Å². The molecular formula is C15H16Cl2FNO4. The van der Waals surface area contributed by atoms with Crippen molar-refractivity contribution in [2.45, 2.75) is 25.3 Å². The molecule has 1 aromatic rings. The summed E-state index contributed by atoms with van der Waals surface area (Å²) < 4.78 is 18.9. The van der Waals surface area contributed by atoms with Crippen LogP contribution in [0, 0.1) is 5.82 Å². The molecule has 126 valence electrons. The van der Waals surface area contributed by atoms with E-state index in [9.17, 15) is 14.0 Å². The smallest absolute Gasteiger partial charge is 0.305 e. The third-order valence-corrected chi connectivity index (χ3v) is 4.30. The highest BCUT2D eigenvalue weighted by atomic mass is 35.5. The Morgan fingerprint density at radius 1 is 1.26 bits per heavy atom. The quantitative estimate of drug-likeness (QED) is 0.815. The van der Waals surface area contributed by atoms with Crippen molar-refractivity contribution in [3.8, 4) is 0 Å². The fourth-order valence-electron chi connectivity index (χ4n) is 2.50. The molecule has 0 aromatic heterocycles. The molecule has 0 saturated carbocycles. The highest BCUT2D eigenvalue weighted by Crippen LogP contribution is 2.27. The van der Waals surface area contributed by atoms with Gasteiger partial charge in [0.15, 0.2) is 0 Å². The summed E-state index contributed by atoms with van der Waals surface area (Å²) in [7, 11) is 0. The van der Waals surface area contributed by atoms with Gasteiger partial charge in [0.1, 0.15) is 5.82 Å². The van der Waals surface area contributed by atoms with Crippen LogP contribution in [0.1, 0.15) is 29.6 Å². The van der Waals surface area contributed by atoms with Gasteiger partial charge in [-0.25, -0.2) is 4.39 Å². The average molecular weight is 364 g/mol. The van der Waals surface area contributed by atoms with E-state index in [4.69, 9.17) is 33.0 Å². The van der Waals surface area contributed by atoms with Crippen LogP contribution in [0.25, 0.3) is 0 Å². The molecule has 0 radical (unpaired) electrons. The summed E-state index contributed by atoms with van der Waals surface area (Å²) in [6.45, 7) is 1.01. The van der Waals surface area contributed by atoms with Crippen molar-refractivity contribution < 1.29 is 23.8 Å². The average Bonchev–Trinajstić information content (AvgIpc) is 2.51. The first kappa shape index (κ1) is 18.0. The molecule has 1 aliphatic rings. The standard InChI is InChI=1S/C15H16Cl2FNO4/c16-11-8-12(17)13(18)7-10(11)15(22)19(4-1-14(20)21)9-2-5-23-6-3-9/h7-9H,1-6H2,(H,20,21). The third kappa shape index (κ3) is 4.56. The fourth-order valence-corrected chi connectivity index (χ4v) is 2.97. The van der Waals surface area contributed by atoms with Gasteiger partial charge in [-0.15, -0.1) is 0 Å². The summed E-state index contributed by atoms with van der Waals surface area (Å²) in [6.07, 6.45) is 0.995.